The van der Waals surface area contributed by atoms with Gasteiger partial charge in [-0.25, -0.2) is 9.97 Å². The van der Waals surface area contributed by atoms with E-state index in [1.165, 1.54) is 5.56 Å². The molecule has 2 rings (SSSR count). The summed E-state index contributed by atoms with van der Waals surface area (Å²) in [5.74, 6) is 1.05. The zero-order chi connectivity index (χ0) is 13.2. The second-order valence-electron chi connectivity index (χ2n) is 5.45. The summed E-state index contributed by atoms with van der Waals surface area (Å²) in [5, 5.41) is 11.9. The predicted octanol–water partition coefficient (Wildman–Crippen LogP) is 1.61. The minimum Gasteiger partial charge on any atom is -0.336 e. The first-order chi connectivity index (χ1) is 8.50. The van der Waals surface area contributed by atoms with Crippen molar-refractivity contribution in [3.63, 3.8) is 0 Å². The summed E-state index contributed by atoms with van der Waals surface area (Å²) in [4.78, 5) is 10.9. The normalized spacial score (nSPS) is 20.7. The smallest absolute Gasteiger partial charge is 0.223 e. The van der Waals surface area contributed by atoms with Gasteiger partial charge in [-0.15, -0.1) is 0 Å². The lowest BCUT2D eigenvalue weighted by atomic mass is 10.0. The molecule has 1 N–H and O–H groups in total. The number of hydrogen-bond acceptors (Lipinski definition) is 5. The lowest BCUT2D eigenvalue weighted by Crippen LogP contribution is -2.29. The maximum Gasteiger partial charge on any atom is 0.223 e. The van der Waals surface area contributed by atoms with Gasteiger partial charge < -0.3 is 10.2 Å². The van der Waals surface area contributed by atoms with Crippen LogP contribution in [0.2, 0.25) is 0 Å². The molecule has 0 aromatic carbocycles. The van der Waals surface area contributed by atoms with Gasteiger partial charge in [-0.1, -0.05) is 0 Å². The molecule has 0 radical (unpaired) electrons. The molecule has 5 nitrogen and oxygen atoms in total. The van der Waals surface area contributed by atoms with Crippen LogP contribution in [0.15, 0.2) is 12.4 Å². The van der Waals surface area contributed by atoms with Gasteiger partial charge in [-0.2, -0.15) is 5.26 Å². The van der Waals surface area contributed by atoms with Gasteiger partial charge in [-0.3, -0.25) is 0 Å². The van der Waals surface area contributed by atoms with Crippen molar-refractivity contribution in [3.8, 4) is 6.07 Å². The summed E-state index contributed by atoms with van der Waals surface area (Å²) in [6.07, 6.45) is 4.90. The van der Waals surface area contributed by atoms with E-state index in [1.807, 2.05) is 12.4 Å². The fraction of sp³-hybridized carbons (Fsp3) is 0.615. The highest BCUT2D eigenvalue weighted by Gasteiger charge is 2.22. The molecule has 1 aromatic heterocycles. The number of likely N-dealkylation sites (tertiary alicyclic amines) is 1. The van der Waals surface area contributed by atoms with E-state index >= 15 is 0 Å². The van der Waals surface area contributed by atoms with Crippen LogP contribution in [0, 0.1) is 11.3 Å². The van der Waals surface area contributed by atoms with E-state index in [9.17, 15) is 0 Å². The molecule has 18 heavy (non-hydrogen) atoms. The molecule has 1 atom stereocenters. The molecular weight excluding hydrogens is 226 g/mol. The number of rotatable bonds is 3. The Morgan fingerprint density at radius 2 is 2.11 bits per heavy atom. The fourth-order valence-electron chi connectivity index (χ4n) is 2.13. The van der Waals surface area contributed by atoms with Crippen molar-refractivity contribution in [1.29, 1.82) is 5.26 Å². The van der Waals surface area contributed by atoms with E-state index in [-0.39, 0.29) is 0 Å². The van der Waals surface area contributed by atoms with Crippen LogP contribution in [0.4, 0.5) is 5.95 Å². The van der Waals surface area contributed by atoms with Gasteiger partial charge in [0.1, 0.15) is 5.54 Å². The molecule has 2 heterocycles. The van der Waals surface area contributed by atoms with Crippen LogP contribution in [-0.4, -0.2) is 40.5 Å². The molecule has 0 spiro atoms. The van der Waals surface area contributed by atoms with Crippen LogP contribution in [0.3, 0.4) is 0 Å². The Morgan fingerprint density at radius 1 is 1.44 bits per heavy atom. The third kappa shape index (κ3) is 2.96. The number of aromatic nitrogens is 2. The first-order valence-corrected chi connectivity index (χ1v) is 6.20. The van der Waals surface area contributed by atoms with Crippen molar-refractivity contribution >= 4 is 5.95 Å². The summed E-state index contributed by atoms with van der Waals surface area (Å²) < 4.78 is 0. The van der Waals surface area contributed by atoms with Gasteiger partial charge in [0.05, 0.1) is 6.07 Å². The maximum absolute atomic E-state index is 8.94. The Bertz CT molecular complexity index is 445. The summed E-state index contributed by atoms with van der Waals surface area (Å²) >= 11 is 0. The molecular formula is C13H19N5. The third-order valence-corrected chi connectivity index (χ3v) is 3.24. The van der Waals surface area contributed by atoms with Crippen LogP contribution in [0.25, 0.3) is 0 Å². The molecule has 96 valence electrons. The second kappa shape index (κ2) is 4.91. The Balaban J connectivity index is 2.04. The molecule has 5 heteroatoms. The predicted molar refractivity (Wildman–Crippen MR) is 70.2 cm³/mol. The van der Waals surface area contributed by atoms with E-state index in [1.54, 1.807) is 13.8 Å². The lowest BCUT2D eigenvalue weighted by molar-refractivity contribution is 0.411. The number of nitrogens with zero attached hydrogens (tertiary/aromatic N) is 4. The first kappa shape index (κ1) is 12.8. The van der Waals surface area contributed by atoms with Crippen molar-refractivity contribution < 1.29 is 0 Å². The van der Waals surface area contributed by atoms with Crippen LogP contribution < -0.4 is 5.32 Å². The van der Waals surface area contributed by atoms with Gasteiger partial charge in [0.15, 0.2) is 0 Å². The van der Waals surface area contributed by atoms with Crippen molar-refractivity contribution in [1.82, 2.24) is 14.9 Å². The van der Waals surface area contributed by atoms with E-state index in [0.29, 0.717) is 11.9 Å². The van der Waals surface area contributed by atoms with Gasteiger partial charge in [0.2, 0.25) is 5.95 Å². The number of nitrogens with one attached hydrogen (secondary N) is 1. The molecule has 0 bridgehead atoms. The minimum atomic E-state index is -0.644. The topological polar surface area (TPSA) is 64.8 Å². The summed E-state index contributed by atoms with van der Waals surface area (Å²) in [6, 6.07) is 2.17. The minimum absolute atomic E-state index is 0.511. The molecule has 1 fully saturated rings. The highest BCUT2D eigenvalue weighted by molar-refractivity contribution is 5.33. The van der Waals surface area contributed by atoms with E-state index in [2.05, 4.69) is 33.3 Å². The quantitative estimate of drug-likeness (QED) is 0.876. The lowest BCUT2D eigenvalue weighted by Gasteiger charge is -2.17. The molecule has 1 saturated heterocycles. The van der Waals surface area contributed by atoms with E-state index in [4.69, 9.17) is 5.26 Å². The maximum atomic E-state index is 8.94. The van der Waals surface area contributed by atoms with E-state index in [0.717, 1.165) is 19.5 Å². The average molecular weight is 245 g/mol. The highest BCUT2D eigenvalue weighted by Crippen LogP contribution is 2.25. The Morgan fingerprint density at radius 3 is 2.61 bits per heavy atom. The Hall–Kier alpha value is -1.67. The van der Waals surface area contributed by atoms with Gasteiger partial charge in [-0.05, 0) is 39.4 Å². The number of likely N-dealkylation sites (N-methyl/N-ethyl adjacent to an activating group) is 1. The third-order valence-electron chi connectivity index (χ3n) is 3.24. The Kier molecular flexibility index (Phi) is 3.48. The molecule has 1 aliphatic heterocycles. The average Bonchev–Trinajstić information content (AvgIpc) is 2.76. The summed E-state index contributed by atoms with van der Waals surface area (Å²) in [5.41, 5.74) is 0.536. The van der Waals surface area contributed by atoms with Crippen LogP contribution >= 0.6 is 0 Å². The summed E-state index contributed by atoms with van der Waals surface area (Å²) in [6.45, 7) is 5.80. The van der Waals surface area contributed by atoms with E-state index < -0.39 is 5.54 Å². The molecule has 1 aliphatic rings. The van der Waals surface area contributed by atoms with Crippen molar-refractivity contribution in [2.75, 3.05) is 25.5 Å². The van der Waals surface area contributed by atoms with Gasteiger partial charge >= 0.3 is 0 Å². The van der Waals surface area contributed by atoms with Crippen molar-refractivity contribution in [3.05, 3.63) is 18.0 Å². The van der Waals surface area contributed by atoms with Crippen LogP contribution in [0.5, 0.6) is 0 Å². The largest absolute Gasteiger partial charge is 0.336 e. The van der Waals surface area contributed by atoms with Crippen molar-refractivity contribution in [2.45, 2.75) is 31.7 Å². The monoisotopic (exact) mass is 245 g/mol. The molecule has 0 aliphatic carbocycles. The SMILES string of the molecule is CN1CCC(c2cnc(NC(C)(C)C#N)nc2)C1. The number of nitriles is 1. The van der Waals surface area contributed by atoms with Crippen LogP contribution in [0.1, 0.15) is 31.7 Å². The molecule has 0 amide bonds. The zero-order valence-corrected chi connectivity index (χ0v) is 11.1. The second-order valence-corrected chi connectivity index (χ2v) is 5.45. The van der Waals surface area contributed by atoms with Crippen molar-refractivity contribution in [2.24, 2.45) is 0 Å². The molecule has 1 unspecified atom stereocenters. The Labute approximate surface area is 108 Å². The highest BCUT2D eigenvalue weighted by atomic mass is 15.1. The first-order valence-electron chi connectivity index (χ1n) is 6.20. The molecule has 1 aromatic rings. The zero-order valence-electron chi connectivity index (χ0n) is 11.1. The standard InChI is InChI=1S/C13H19N5/c1-13(2,9-14)17-12-15-6-11(7-16-12)10-4-5-18(3)8-10/h6-7,10H,4-5,8H2,1-3H3,(H,15,16,17). The van der Waals surface area contributed by atoms with Gasteiger partial charge in [0, 0.05) is 24.9 Å². The van der Waals surface area contributed by atoms with Gasteiger partial charge in [0.25, 0.3) is 0 Å². The molecule has 0 saturated carbocycles. The number of hydrogen-bond donors (Lipinski definition) is 1. The summed E-state index contributed by atoms with van der Waals surface area (Å²) in [7, 11) is 2.13. The van der Waals surface area contributed by atoms with Crippen LogP contribution in [-0.2, 0) is 0 Å². The number of anilines is 1. The fourth-order valence-corrected chi connectivity index (χ4v) is 2.13.